The molecule has 2 heteroatoms. The van der Waals surface area contributed by atoms with Crippen molar-refractivity contribution in [1.29, 1.82) is 0 Å². The molecule has 1 saturated carbocycles. The molecule has 1 aromatic rings. The maximum atomic E-state index is 11.9. The van der Waals surface area contributed by atoms with Crippen LogP contribution in [0.3, 0.4) is 0 Å². The third-order valence-electron chi connectivity index (χ3n) is 4.17. The van der Waals surface area contributed by atoms with Gasteiger partial charge in [-0.1, -0.05) is 49.2 Å². The number of rotatable bonds is 6. The van der Waals surface area contributed by atoms with Crippen LogP contribution in [-0.4, -0.2) is 11.9 Å². The van der Waals surface area contributed by atoms with Gasteiger partial charge in [0.2, 0.25) is 5.91 Å². The van der Waals surface area contributed by atoms with Gasteiger partial charge < -0.3 is 5.32 Å². The van der Waals surface area contributed by atoms with Crippen LogP contribution in [-0.2, 0) is 11.2 Å². The van der Waals surface area contributed by atoms with Gasteiger partial charge >= 0.3 is 0 Å². The van der Waals surface area contributed by atoms with E-state index in [1.807, 2.05) is 6.08 Å². The number of hydrogen-bond donors (Lipinski definition) is 1. The molecule has 2 nitrogen and oxygen atoms in total. The van der Waals surface area contributed by atoms with Crippen molar-refractivity contribution in [1.82, 2.24) is 5.32 Å². The van der Waals surface area contributed by atoms with Crippen molar-refractivity contribution in [2.75, 3.05) is 0 Å². The number of carbonyl (C=O) groups excluding carboxylic acids is 1. The lowest BCUT2D eigenvalue weighted by Crippen LogP contribution is -2.42. The van der Waals surface area contributed by atoms with E-state index in [-0.39, 0.29) is 5.91 Å². The zero-order valence-electron chi connectivity index (χ0n) is 12.2. The molecule has 2 atom stereocenters. The van der Waals surface area contributed by atoms with Crippen molar-refractivity contribution < 1.29 is 4.79 Å². The van der Waals surface area contributed by atoms with Crippen LogP contribution in [0.1, 0.15) is 44.1 Å². The zero-order chi connectivity index (χ0) is 14.2. The van der Waals surface area contributed by atoms with E-state index in [0.717, 1.165) is 19.3 Å². The van der Waals surface area contributed by atoms with Gasteiger partial charge in [-0.05, 0) is 37.2 Å². The van der Waals surface area contributed by atoms with Crippen molar-refractivity contribution in [3.63, 3.8) is 0 Å². The molecule has 0 aliphatic heterocycles. The van der Waals surface area contributed by atoms with Crippen LogP contribution in [0.5, 0.6) is 0 Å². The summed E-state index contributed by atoms with van der Waals surface area (Å²) in [6, 6.07) is 11.0. The third kappa shape index (κ3) is 4.52. The SMILES string of the molecule is C=CCCC(=O)NC1CCCCC1Cc1ccccc1. The second kappa shape index (κ2) is 7.88. The summed E-state index contributed by atoms with van der Waals surface area (Å²) in [6.45, 7) is 3.67. The molecule has 1 aliphatic carbocycles. The number of allylic oxidation sites excluding steroid dienone is 1. The summed E-state index contributed by atoms with van der Waals surface area (Å²) < 4.78 is 0. The monoisotopic (exact) mass is 271 g/mol. The lowest BCUT2D eigenvalue weighted by atomic mass is 9.80. The Balaban J connectivity index is 1.91. The molecule has 0 bridgehead atoms. The molecule has 0 saturated heterocycles. The molecule has 0 spiro atoms. The number of carbonyl (C=O) groups is 1. The van der Waals surface area contributed by atoms with E-state index >= 15 is 0 Å². The molecule has 1 aliphatic rings. The highest BCUT2D eigenvalue weighted by Gasteiger charge is 2.26. The smallest absolute Gasteiger partial charge is 0.220 e. The van der Waals surface area contributed by atoms with E-state index in [0.29, 0.717) is 18.4 Å². The minimum atomic E-state index is 0.176. The number of benzene rings is 1. The van der Waals surface area contributed by atoms with Crippen molar-refractivity contribution in [3.8, 4) is 0 Å². The molecule has 1 fully saturated rings. The summed E-state index contributed by atoms with van der Waals surface area (Å²) in [7, 11) is 0. The number of amides is 1. The van der Waals surface area contributed by atoms with E-state index in [4.69, 9.17) is 0 Å². The van der Waals surface area contributed by atoms with Gasteiger partial charge in [0, 0.05) is 12.5 Å². The van der Waals surface area contributed by atoms with Gasteiger partial charge in [-0.2, -0.15) is 0 Å². The van der Waals surface area contributed by atoms with Crippen molar-refractivity contribution in [3.05, 3.63) is 48.6 Å². The Labute approximate surface area is 122 Å². The number of nitrogens with one attached hydrogen (secondary N) is 1. The average Bonchev–Trinajstić information content (AvgIpc) is 2.48. The van der Waals surface area contributed by atoms with Gasteiger partial charge in [0.15, 0.2) is 0 Å². The zero-order valence-corrected chi connectivity index (χ0v) is 12.2. The van der Waals surface area contributed by atoms with Gasteiger partial charge in [-0.3, -0.25) is 4.79 Å². The van der Waals surface area contributed by atoms with Crippen molar-refractivity contribution in [2.24, 2.45) is 5.92 Å². The molecule has 0 radical (unpaired) electrons. The van der Waals surface area contributed by atoms with Crippen LogP contribution in [0.2, 0.25) is 0 Å². The van der Waals surface area contributed by atoms with Gasteiger partial charge in [0.25, 0.3) is 0 Å². The van der Waals surface area contributed by atoms with Crippen LogP contribution in [0.15, 0.2) is 43.0 Å². The van der Waals surface area contributed by atoms with E-state index < -0.39 is 0 Å². The molecule has 0 aromatic heterocycles. The van der Waals surface area contributed by atoms with E-state index in [2.05, 4.69) is 42.2 Å². The summed E-state index contributed by atoms with van der Waals surface area (Å²) >= 11 is 0. The van der Waals surface area contributed by atoms with E-state index in [9.17, 15) is 4.79 Å². The Morgan fingerprint density at radius 1 is 1.25 bits per heavy atom. The van der Waals surface area contributed by atoms with Crippen molar-refractivity contribution >= 4 is 5.91 Å². The van der Waals surface area contributed by atoms with E-state index in [1.165, 1.54) is 24.8 Å². The quantitative estimate of drug-likeness (QED) is 0.782. The third-order valence-corrected chi connectivity index (χ3v) is 4.17. The van der Waals surface area contributed by atoms with Gasteiger partial charge in [0.1, 0.15) is 0 Å². The van der Waals surface area contributed by atoms with Crippen LogP contribution in [0, 0.1) is 5.92 Å². The fourth-order valence-electron chi connectivity index (χ4n) is 3.07. The highest BCUT2D eigenvalue weighted by atomic mass is 16.1. The molecule has 2 rings (SSSR count). The molecular weight excluding hydrogens is 246 g/mol. The molecule has 0 heterocycles. The first-order valence-corrected chi connectivity index (χ1v) is 7.74. The predicted octanol–water partition coefficient (Wildman–Crippen LogP) is 3.87. The Kier molecular flexibility index (Phi) is 5.85. The first-order valence-electron chi connectivity index (χ1n) is 7.74. The molecule has 2 unspecified atom stereocenters. The maximum absolute atomic E-state index is 11.9. The van der Waals surface area contributed by atoms with Crippen LogP contribution >= 0.6 is 0 Å². The van der Waals surface area contributed by atoms with Gasteiger partial charge in [0.05, 0.1) is 0 Å². The fourth-order valence-corrected chi connectivity index (χ4v) is 3.07. The van der Waals surface area contributed by atoms with Crippen LogP contribution in [0.25, 0.3) is 0 Å². The predicted molar refractivity (Wildman–Crippen MR) is 83.5 cm³/mol. The molecule has 1 N–H and O–H groups in total. The fraction of sp³-hybridized carbons (Fsp3) is 0.500. The Morgan fingerprint density at radius 2 is 2.00 bits per heavy atom. The highest BCUT2D eigenvalue weighted by molar-refractivity contribution is 5.76. The largest absolute Gasteiger partial charge is 0.353 e. The Morgan fingerprint density at radius 3 is 2.75 bits per heavy atom. The second-order valence-electron chi connectivity index (χ2n) is 5.74. The average molecular weight is 271 g/mol. The topological polar surface area (TPSA) is 29.1 Å². The summed E-state index contributed by atoms with van der Waals surface area (Å²) in [4.78, 5) is 11.9. The summed E-state index contributed by atoms with van der Waals surface area (Å²) in [5.41, 5.74) is 1.38. The Hall–Kier alpha value is -1.57. The molecule has 1 amide bonds. The van der Waals surface area contributed by atoms with Gasteiger partial charge in [-0.15, -0.1) is 6.58 Å². The Bertz CT molecular complexity index is 426. The second-order valence-corrected chi connectivity index (χ2v) is 5.74. The summed E-state index contributed by atoms with van der Waals surface area (Å²) in [6.07, 6.45) is 9.09. The molecule has 20 heavy (non-hydrogen) atoms. The minimum Gasteiger partial charge on any atom is -0.353 e. The van der Waals surface area contributed by atoms with Crippen LogP contribution < -0.4 is 5.32 Å². The molecule has 1 aromatic carbocycles. The lowest BCUT2D eigenvalue weighted by molar-refractivity contribution is -0.122. The minimum absolute atomic E-state index is 0.176. The standard InChI is InChI=1S/C18H25NO/c1-2-3-13-18(20)19-17-12-8-7-11-16(17)14-15-9-5-4-6-10-15/h2,4-6,9-10,16-17H,1,3,7-8,11-14H2,(H,19,20). The number of hydrogen-bond acceptors (Lipinski definition) is 1. The molecule has 108 valence electrons. The summed E-state index contributed by atoms with van der Waals surface area (Å²) in [5, 5.41) is 3.24. The maximum Gasteiger partial charge on any atom is 0.220 e. The van der Waals surface area contributed by atoms with Crippen molar-refractivity contribution in [2.45, 2.75) is 51.0 Å². The first-order chi connectivity index (χ1) is 9.79. The van der Waals surface area contributed by atoms with Gasteiger partial charge in [-0.25, -0.2) is 0 Å². The van der Waals surface area contributed by atoms with Crippen LogP contribution in [0.4, 0.5) is 0 Å². The first kappa shape index (κ1) is 14.8. The lowest BCUT2D eigenvalue weighted by Gasteiger charge is -2.32. The normalized spacial score (nSPS) is 22.2. The summed E-state index contributed by atoms with van der Waals surface area (Å²) in [5.74, 6) is 0.758. The highest BCUT2D eigenvalue weighted by Crippen LogP contribution is 2.27. The molecular formula is C18H25NO. The van der Waals surface area contributed by atoms with E-state index in [1.54, 1.807) is 0 Å².